The van der Waals surface area contributed by atoms with Gasteiger partial charge in [0, 0.05) is 36.9 Å². The molecule has 0 radical (unpaired) electrons. The Kier molecular flexibility index (Phi) is 22.5. The number of ether oxygens (including phenoxy) is 7. The van der Waals surface area contributed by atoms with Crippen LogP contribution in [-0.4, -0.2) is 121 Å². The third-order valence-corrected chi connectivity index (χ3v) is 17.2. The molecule has 0 aliphatic rings. The molecule has 1 amide bonds. The van der Waals surface area contributed by atoms with Gasteiger partial charge in [-0.2, -0.15) is 0 Å². The van der Waals surface area contributed by atoms with Crippen LogP contribution in [0.4, 0.5) is 4.79 Å². The van der Waals surface area contributed by atoms with E-state index in [1.165, 1.54) is 0 Å². The second kappa shape index (κ2) is 24.4. The van der Waals surface area contributed by atoms with Crippen molar-refractivity contribution in [2.24, 2.45) is 10.8 Å². The maximum absolute atomic E-state index is 12.9. The summed E-state index contributed by atoms with van der Waals surface area (Å²) < 4.78 is 50.7. The summed E-state index contributed by atoms with van der Waals surface area (Å²) in [7, 11) is -6.29. The predicted octanol–water partition coefficient (Wildman–Crippen LogP) is 4.51. The Morgan fingerprint density at radius 3 is 1.15 bits per heavy atom. The van der Waals surface area contributed by atoms with Crippen LogP contribution < -0.4 is 5.32 Å². The van der Waals surface area contributed by atoms with Gasteiger partial charge in [0.25, 0.3) is 0 Å². The van der Waals surface area contributed by atoms with Gasteiger partial charge in [-0.15, -0.1) is 0 Å². The SMILES string of the molecule is C=CC(=O)OCC(COCC(COC(=O)C=C)(COC(=O)C=C)COC(=O)NCCC[Si](C)(C)O[Si](C)(C)O[Si](C)(C)C)(COC(=O)C=C)COC(=O)C=C. The van der Waals surface area contributed by atoms with E-state index in [2.05, 4.69) is 70.9 Å². The Bertz CT molecular complexity index is 1290. The van der Waals surface area contributed by atoms with Gasteiger partial charge >= 0.3 is 44.5 Å². The second-order valence-electron chi connectivity index (χ2n) is 14.6. The number of nitrogens with one attached hydrogen (secondary N) is 1. The standard InChI is InChI=1S/C36H59NO15Si3/c1-13-29(38)45-23-35(24-46-30(39)14-2,25-47-31(40)15-3)21-44-22-36(26-48-32(41)16-4,27-49-33(42)17-5)28-50-34(43)37-19-18-20-54(9,10)52-55(11,12)51-53(6,7)8/h13-17H,1-5,18-28H2,6-12H3,(H,37,43). The topological polar surface area (TPSA) is 198 Å². The molecule has 55 heavy (non-hydrogen) atoms. The zero-order chi connectivity index (χ0) is 42.3. The first kappa shape index (κ1) is 50.9. The van der Waals surface area contributed by atoms with Crippen molar-refractivity contribution < 1.29 is 70.2 Å². The summed E-state index contributed by atoms with van der Waals surface area (Å²) in [5.74, 6) is -4.18. The van der Waals surface area contributed by atoms with Crippen LogP contribution in [0.2, 0.25) is 51.9 Å². The summed E-state index contributed by atoms with van der Waals surface area (Å²) in [6.45, 7) is 27.9. The van der Waals surface area contributed by atoms with E-state index < -0.39 is 125 Å². The summed E-state index contributed by atoms with van der Waals surface area (Å²) in [5, 5.41) is 2.69. The molecule has 0 spiro atoms. The van der Waals surface area contributed by atoms with E-state index in [0.717, 1.165) is 36.4 Å². The Hall–Kier alpha value is -4.15. The van der Waals surface area contributed by atoms with E-state index >= 15 is 0 Å². The minimum atomic E-state index is -2.35. The minimum Gasteiger partial charge on any atom is -0.462 e. The summed E-state index contributed by atoms with van der Waals surface area (Å²) in [5.41, 5.74) is -3.06. The molecular formula is C36H59NO15Si3. The first-order chi connectivity index (χ1) is 25.5. The van der Waals surface area contributed by atoms with Crippen molar-refractivity contribution in [1.82, 2.24) is 5.32 Å². The zero-order valence-electron chi connectivity index (χ0n) is 33.3. The summed E-state index contributed by atoms with van der Waals surface area (Å²) in [6.07, 6.45) is 4.29. The third-order valence-electron chi connectivity index (χ3n) is 7.06. The van der Waals surface area contributed by atoms with Gasteiger partial charge in [0.2, 0.25) is 0 Å². The molecule has 310 valence electrons. The summed E-state index contributed by atoms with van der Waals surface area (Å²) >= 11 is 0. The lowest BCUT2D eigenvalue weighted by Gasteiger charge is -2.37. The quantitative estimate of drug-likeness (QED) is 0.0363. The highest BCUT2D eigenvalue weighted by molar-refractivity contribution is 6.87. The number of carbonyl (C=O) groups excluding carboxylic acids is 6. The molecule has 0 aromatic rings. The van der Waals surface area contributed by atoms with Crippen molar-refractivity contribution in [3.63, 3.8) is 0 Å². The van der Waals surface area contributed by atoms with Crippen LogP contribution in [0.5, 0.6) is 0 Å². The highest BCUT2D eigenvalue weighted by Gasteiger charge is 2.41. The van der Waals surface area contributed by atoms with Gasteiger partial charge < -0.3 is 46.7 Å². The maximum Gasteiger partial charge on any atom is 0.407 e. The molecule has 0 saturated heterocycles. The molecule has 0 atom stereocenters. The van der Waals surface area contributed by atoms with Gasteiger partial charge in [0.1, 0.15) is 39.6 Å². The molecule has 0 aliphatic heterocycles. The molecule has 16 nitrogen and oxygen atoms in total. The first-order valence-electron chi connectivity index (χ1n) is 17.3. The highest BCUT2D eigenvalue weighted by atomic mass is 28.5. The van der Waals surface area contributed by atoms with Crippen LogP contribution in [0.25, 0.3) is 0 Å². The molecule has 0 rings (SSSR count). The maximum atomic E-state index is 12.9. The molecule has 0 fully saturated rings. The Balaban J connectivity index is 6.19. The lowest BCUT2D eigenvalue weighted by molar-refractivity contribution is -0.166. The fourth-order valence-corrected chi connectivity index (χ4v) is 18.0. The van der Waals surface area contributed by atoms with E-state index in [9.17, 15) is 28.8 Å². The van der Waals surface area contributed by atoms with Crippen molar-refractivity contribution in [2.45, 2.75) is 58.3 Å². The monoisotopic (exact) mass is 829 g/mol. The van der Waals surface area contributed by atoms with E-state index in [4.69, 9.17) is 41.4 Å². The first-order valence-corrected chi connectivity index (χ1v) is 26.7. The number of hydrogen-bond donors (Lipinski definition) is 1. The molecule has 1 N–H and O–H groups in total. The normalized spacial score (nSPS) is 11.9. The van der Waals surface area contributed by atoms with Crippen LogP contribution >= 0.6 is 0 Å². The second-order valence-corrected chi connectivity index (χ2v) is 27.3. The van der Waals surface area contributed by atoms with Crippen LogP contribution in [0.3, 0.4) is 0 Å². The lowest BCUT2D eigenvalue weighted by atomic mass is 9.90. The summed E-state index contributed by atoms with van der Waals surface area (Å²) in [4.78, 5) is 73.3. The van der Waals surface area contributed by atoms with E-state index in [1.807, 2.05) is 13.1 Å². The van der Waals surface area contributed by atoms with Gasteiger partial charge in [-0.1, -0.05) is 32.9 Å². The largest absolute Gasteiger partial charge is 0.462 e. The van der Waals surface area contributed by atoms with Crippen molar-refractivity contribution in [1.29, 1.82) is 0 Å². The van der Waals surface area contributed by atoms with Gasteiger partial charge in [-0.25, -0.2) is 28.8 Å². The summed E-state index contributed by atoms with van der Waals surface area (Å²) in [6, 6.07) is 0.736. The average Bonchev–Trinajstić information content (AvgIpc) is 3.11. The number of amides is 1. The fourth-order valence-electron chi connectivity index (χ4n) is 4.85. The Morgan fingerprint density at radius 2 is 0.836 bits per heavy atom. The van der Waals surface area contributed by atoms with Gasteiger partial charge in [-0.3, -0.25) is 0 Å². The molecule has 0 bridgehead atoms. The molecular weight excluding hydrogens is 771 g/mol. The van der Waals surface area contributed by atoms with Gasteiger partial charge in [-0.05, 0) is 58.3 Å². The number of carbonyl (C=O) groups is 6. The van der Waals surface area contributed by atoms with Gasteiger partial charge in [0.05, 0.1) is 24.0 Å². The van der Waals surface area contributed by atoms with E-state index in [-0.39, 0.29) is 6.54 Å². The lowest BCUT2D eigenvalue weighted by Crippen LogP contribution is -2.51. The minimum absolute atomic E-state index is 0.259. The van der Waals surface area contributed by atoms with Crippen molar-refractivity contribution in [3.05, 3.63) is 63.3 Å². The third kappa shape index (κ3) is 23.4. The van der Waals surface area contributed by atoms with Gasteiger partial charge in [0.15, 0.2) is 16.6 Å². The zero-order valence-corrected chi connectivity index (χ0v) is 36.3. The number of esters is 5. The van der Waals surface area contributed by atoms with E-state index in [0.29, 0.717) is 6.42 Å². The molecule has 0 unspecified atom stereocenters. The highest BCUT2D eigenvalue weighted by Crippen LogP contribution is 2.27. The predicted molar refractivity (Wildman–Crippen MR) is 211 cm³/mol. The average molecular weight is 830 g/mol. The molecule has 0 aliphatic carbocycles. The fraction of sp³-hybridized carbons (Fsp3) is 0.556. The van der Waals surface area contributed by atoms with Crippen molar-refractivity contribution >= 4 is 61.1 Å². The smallest absolute Gasteiger partial charge is 0.407 e. The molecule has 19 heteroatoms. The Morgan fingerprint density at radius 1 is 0.509 bits per heavy atom. The number of alkyl carbamates (subject to hydrolysis) is 1. The molecule has 0 aromatic carbocycles. The molecule has 0 saturated carbocycles. The Labute approximate surface area is 327 Å². The van der Waals surface area contributed by atoms with Crippen LogP contribution in [0.15, 0.2) is 63.3 Å². The van der Waals surface area contributed by atoms with Crippen LogP contribution in [0, 0.1) is 10.8 Å². The number of rotatable bonds is 29. The van der Waals surface area contributed by atoms with E-state index in [1.54, 1.807) is 0 Å². The van der Waals surface area contributed by atoms with Crippen molar-refractivity contribution in [2.75, 3.05) is 59.4 Å². The van der Waals surface area contributed by atoms with Crippen LogP contribution in [0.1, 0.15) is 6.42 Å². The van der Waals surface area contributed by atoms with Crippen molar-refractivity contribution in [3.8, 4) is 0 Å². The number of hydrogen-bond acceptors (Lipinski definition) is 15. The van der Waals surface area contributed by atoms with Crippen LogP contribution in [-0.2, 0) is 65.4 Å². The molecule has 0 heterocycles. The molecule has 0 aromatic heterocycles.